The van der Waals surface area contributed by atoms with Crippen LogP contribution < -0.4 is 5.32 Å². The fourth-order valence-corrected chi connectivity index (χ4v) is 2.65. The standard InChI is InChI=1S/C15H25N3/c1-16-9-8-15(14-6-4-3-5-7-14)18-12-10-17(2)11-13-18/h3-7,15-16H,8-13H2,1-2H3. The van der Waals surface area contributed by atoms with Crippen molar-refractivity contribution in [1.29, 1.82) is 0 Å². The number of hydrogen-bond donors (Lipinski definition) is 1. The second-order valence-corrected chi connectivity index (χ2v) is 5.16. The van der Waals surface area contributed by atoms with Crippen LogP contribution in [0.4, 0.5) is 0 Å². The summed E-state index contributed by atoms with van der Waals surface area (Å²) < 4.78 is 0. The Labute approximate surface area is 111 Å². The van der Waals surface area contributed by atoms with Crippen LogP contribution in [0.1, 0.15) is 18.0 Å². The molecule has 1 N–H and O–H groups in total. The monoisotopic (exact) mass is 247 g/mol. The summed E-state index contributed by atoms with van der Waals surface area (Å²) in [6, 6.07) is 11.5. The van der Waals surface area contributed by atoms with Gasteiger partial charge in [0.25, 0.3) is 0 Å². The number of piperazine rings is 1. The van der Waals surface area contributed by atoms with Crippen molar-refractivity contribution in [2.75, 3.05) is 46.8 Å². The Balaban J connectivity index is 2.05. The summed E-state index contributed by atoms with van der Waals surface area (Å²) >= 11 is 0. The van der Waals surface area contributed by atoms with E-state index >= 15 is 0 Å². The Morgan fingerprint density at radius 1 is 1.11 bits per heavy atom. The molecule has 1 aliphatic rings. The Hall–Kier alpha value is -0.900. The molecule has 100 valence electrons. The van der Waals surface area contributed by atoms with Crippen LogP contribution in [-0.4, -0.2) is 56.6 Å². The Bertz CT molecular complexity index is 331. The highest BCUT2D eigenvalue weighted by Gasteiger charge is 2.23. The van der Waals surface area contributed by atoms with E-state index in [2.05, 4.69) is 52.5 Å². The molecule has 0 radical (unpaired) electrons. The Morgan fingerprint density at radius 3 is 2.39 bits per heavy atom. The lowest BCUT2D eigenvalue weighted by Gasteiger charge is -2.38. The normalized spacial score (nSPS) is 19.9. The lowest BCUT2D eigenvalue weighted by Crippen LogP contribution is -2.46. The van der Waals surface area contributed by atoms with Gasteiger partial charge in [-0.25, -0.2) is 0 Å². The maximum Gasteiger partial charge on any atom is 0.0361 e. The predicted octanol–water partition coefficient (Wildman–Crippen LogP) is 1.58. The van der Waals surface area contributed by atoms with Gasteiger partial charge in [0.2, 0.25) is 0 Å². The van der Waals surface area contributed by atoms with Gasteiger partial charge in [-0.05, 0) is 32.6 Å². The van der Waals surface area contributed by atoms with E-state index in [-0.39, 0.29) is 0 Å². The molecule has 3 heteroatoms. The molecule has 1 fully saturated rings. The molecule has 1 aliphatic heterocycles. The summed E-state index contributed by atoms with van der Waals surface area (Å²) in [5.41, 5.74) is 1.46. The molecule has 1 unspecified atom stereocenters. The van der Waals surface area contributed by atoms with Gasteiger partial charge in [-0.2, -0.15) is 0 Å². The lowest BCUT2D eigenvalue weighted by atomic mass is 10.0. The van der Waals surface area contributed by atoms with Crippen LogP contribution in [0.25, 0.3) is 0 Å². The minimum absolute atomic E-state index is 0.562. The van der Waals surface area contributed by atoms with Gasteiger partial charge in [0.05, 0.1) is 0 Å². The van der Waals surface area contributed by atoms with E-state index in [1.165, 1.54) is 38.2 Å². The van der Waals surface area contributed by atoms with E-state index in [0.717, 1.165) is 6.54 Å². The summed E-state index contributed by atoms with van der Waals surface area (Å²) in [6.07, 6.45) is 1.18. The molecule has 0 spiro atoms. The molecule has 0 aromatic heterocycles. The van der Waals surface area contributed by atoms with E-state index in [1.807, 2.05) is 7.05 Å². The molecule has 1 aromatic rings. The number of rotatable bonds is 5. The second-order valence-electron chi connectivity index (χ2n) is 5.16. The van der Waals surface area contributed by atoms with E-state index in [0.29, 0.717) is 6.04 Å². The van der Waals surface area contributed by atoms with E-state index < -0.39 is 0 Å². The van der Waals surface area contributed by atoms with Gasteiger partial charge < -0.3 is 10.2 Å². The highest BCUT2D eigenvalue weighted by Crippen LogP contribution is 2.24. The summed E-state index contributed by atoms with van der Waals surface area (Å²) in [7, 11) is 4.24. The fraction of sp³-hybridized carbons (Fsp3) is 0.600. The van der Waals surface area contributed by atoms with Gasteiger partial charge in [-0.1, -0.05) is 30.3 Å². The molecule has 1 heterocycles. The minimum atomic E-state index is 0.562. The zero-order valence-corrected chi connectivity index (χ0v) is 11.6. The quantitative estimate of drug-likeness (QED) is 0.852. The average Bonchev–Trinajstić information content (AvgIpc) is 2.42. The third kappa shape index (κ3) is 3.55. The van der Waals surface area contributed by atoms with Crippen LogP contribution in [0, 0.1) is 0 Å². The van der Waals surface area contributed by atoms with Gasteiger partial charge in [0.1, 0.15) is 0 Å². The average molecular weight is 247 g/mol. The Kier molecular flexibility index (Phi) is 5.17. The van der Waals surface area contributed by atoms with Crippen LogP contribution in [0.15, 0.2) is 30.3 Å². The summed E-state index contributed by atoms with van der Waals surface area (Å²) in [5.74, 6) is 0. The topological polar surface area (TPSA) is 18.5 Å². The van der Waals surface area contributed by atoms with Crippen molar-refractivity contribution < 1.29 is 0 Å². The van der Waals surface area contributed by atoms with Crippen LogP contribution >= 0.6 is 0 Å². The van der Waals surface area contributed by atoms with Crippen molar-refractivity contribution >= 4 is 0 Å². The zero-order valence-electron chi connectivity index (χ0n) is 11.6. The third-order valence-electron chi connectivity index (χ3n) is 3.83. The van der Waals surface area contributed by atoms with Crippen molar-refractivity contribution in [3.8, 4) is 0 Å². The van der Waals surface area contributed by atoms with Crippen LogP contribution in [0.5, 0.6) is 0 Å². The SMILES string of the molecule is CNCCC(c1ccccc1)N1CCN(C)CC1. The summed E-state index contributed by atoms with van der Waals surface area (Å²) in [4.78, 5) is 5.04. The largest absolute Gasteiger partial charge is 0.320 e. The first-order valence-electron chi connectivity index (χ1n) is 6.93. The number of hydrogen-bond acceptors (Lipinski definition) is 3. The highest BCUT2D eigenvalue weighted by molar-refractivity contribution is 5.19. The second kappa shape index (κ2) is 6.88. The Morgan fingerprint density at radius 2 is 1.78 bits per heavy atom. The molecule has 0 bridgehead atoms. The van der Waals surface area contributed by atoms with Crippen molar-refractivity contribution in [3.63, 3.8) is 0 Å². The van der Waals surface area contributed by atoms with Crippen molar-refractivity contribution in [3.05, 3.63) is 35.9 Å². The first-order valence-corrected chi connectivity index (χ1v) is 6.93. The van der Waals surface area contributed by atoms with Crippen molar-refractivity contribution in [1.82, 2.24) is 15.1 Å². The van der Waals surface area contributed by atoms with Crippen LogP contribution in [0.3, 0.4) is 0 Å². The van der Waals surface area contributed by atoms with Crippen LogP contribution in [-0.2, 0) is 0 Å². The third-order valence-corrected chi connectivity index (χ3v) is 3.83. The maximum absolute atomic E-state index is 3.28. The van der Waals surface area contributed by atoms with Gasteiger partial charge in [0, 0.05) is 32.2 Å². The molecule has 3 nitrogen and oxygen atoms in total. The molecule has 1 atom stereocenters. The number of benzene rings is 1. The predicted molar refractivity (Wildman–Crippen MR) is 76.8 cm³/mol. The first kappa shape index (κ1) is 13.5. The van der Waals surface area contributed by atoms with Crippen molar-refractivity contribution in [2.45, 2.75) is 12.5 Å². The number of nitrogens with zero attached hydrogens (tertiary/aromatic N) is 2. The fourth-order valence-electron chi connectivity index (χ4n) is 2.65. The molecule has 1 saturated heterocycles. The summed E-state index contributed by atoms with van der Waals surface area (Å²) in [5, 5.41) is 3.28. The first-order chi connectivity index (χ1) is 8.81. The van der Waals surface area contributed by atoms with E-state index in [9.17, 15) is 0 Å². The van der Waals surface area contributed by atoms with Crippen molar-refractivity contribution in [2.24, 2.45) is 0 Å². The molecular formula is C15H25N3. The molecule has 2 rings (SSSR count). The number of likely N-dealkylation sites (N-methyl/N-ethyl adjacent to an activating group) is 1. The van der Waals surface area contributed by atoms with Gasteiger partial charge in [-0.3, -0.25) is 4.90 Å². The van der Waals surface area contributed by atoms with E-state index in [4.69, 9.17) is 0 Å². The molecule has 0 saturated carbocycles. The molecule has 0 aliphatic carbocycles. The van der Waals surface area contributed by atoms with Gasteiger partial charge >= 0.3 is 0 Å². The minimum Gasteiger partial charge on any atom is -0.320 e. The molecular weight excluding hydrogens is 222 g/mol. The molecule has 1 aromatic carbocycles. The van der Waals surface area contributed by atoms with Crippen LogP contribution in [0.2, 0.25) is 0 Å². The molecule has 18 heavy (non-hydrogen) atoms. The van der Waals surface area contributed by atoms with Gasteiger partial charge in [-0.15, -0.1) is 0 Å². The maximum atomic E-state index is 3.28. The van der Waals surface area contributed by atoms with Gasteiger partial charge in [0.15, 0.2) is 0 Å². The zero-order chi connectivity index (χ0) is 12.8. The molecule has 0 amide bonds. The number of nitrogens with one attached hydrogen (secondary N) is 1. The smallest absolute Gasteiger partial charge is 0.0361 e. The van der Waals surface area contributed by atoms with E-state index in [1.54, 1.807) is 0 Å². The highest BCUT2D eigenvalue weighted by atomic mass is 15.3. The summed E-state index contributed by atoms with van der Waals surface area (Å²) in [6.45, 7) is 5.80. The lowest BCUT2D eigenvalue weighted by molar-refractivity contribution is 0.107.